The molecule has 1 aromatic rings. The van der Waals surface area contributed by atoms with Crippen LogP contribution in [0.2, 0.25) is 0 Å². The second kappa shape index (κ2) is 6.06. The van der Waals surface area contributed by atoms with Crippen LogP contribution < -0.4 is 5.32 Å². The summed E-state index contributed by atoms with van der Waals surface area (Å²) >= 11 is 0. The van der Waals surface area contributed by atoms with Gasteiger partial charge in [0.05, 0.1) is 0 Å². The second-order valence-corrected chi connectivity index (χ2v) is 2.96. The van der Waals surface area contributed by atoms with E-state index in [4.69, 9.17) is 5.11 Å². The van der Waals surface area contributed by atoms with E-state index in [0.717, 1.165) is 24.1 Å². The first-order valence-corrected chi connectivity index (χ1v) is 4.74. The Labute approximate surface area is 85.0 Å². The molecule has 2 nitrogen and oxygen atoms in total. The first-order chi connectivity index (χ1) is 6.86. The van der Waals surface area contributed by atoms with Crippen molar-refractivity contribution >= 4 is 5.69 Å². The summed E-state index contributed by atoms with van der Waals surface area (Å²) in [5.41, 5.74) is 2.10. The van der Waals surface area contributed by atoms with Crippen LogP contribution in [-0.2, 0) is 0 Å². The van der Waals surface area contributed by atoms with Crippen molar-refractivity contribution in [1.82, 2.24) is 0 Å². The average molecular weight is 189 g/mol. The summed E-state index contributed by atoms with van der Waals surface area (Å²) in [5, 5.41) is 11.6. The van der Waals surface area contributed by atoms with Crippen LogP contribution in [0.5, 0.6) is 0 Å². The zero-order valence-electron chi connectivity index (χ0n) is 8.38. The third-order valence-corrected chi connectivity index (χ3v) is 1.87. The first-order valence-electron chi connectivity index (χ1n) is 4.74. The standard InChI is InChI=1S/C12H15NO/c1-13-12-8-6-11(7-9-12)5-3-2-4-10-14/h6-9,13-14H,2,4,10H2,1H3. The highest BCUT2D eigenvalue weighted by Crippen LogP contribution is 2.07. The fourth-order valence-corrected chi connectivity index (χ4v) is 1.05. The third kappa shape index (κ3) is 3.51. The van der Waals surface area contributed by atoms with Gasteiger partial charge in [0.2, 0.25) is 0 Å². The van der Waals surface area contributed by atoms with E-state index in [2.05, 4.69) is 17.2 Å². The molecule has 2 heteroatoms. The maximum Gasteiger partial charge on any atom is 0.0440 e. The number of hydrogen-bond donors (Lipinski definition) is 2. The van der Waals surface area contributed by atoms with Gasteiger partial charge < -0.3 is 10.4 Å². The zero-order chi connectivity index (χ0) is 10.2. The smallest absolute Gasteiger partial charge is 0.0440 e. The molecule has 0 fully saturated rings. The molecule has 0 heterocycles. The van der Waals surface area contributed by atoms with Gasteiger partial charge in [-0.2, -0.15) is 0 Å². The Morgan fingerprint density at radius 3 is 2.57 bits per heavy atom. The molecule has 1 aromatic carbocycles. The van der Waals surface area contributed by atoms with Gasteiger partial charge in [-0.05, 0) is 30.7 Å². The molecule has 2 N–H and O–H groups in total. The summed E-state index contributed by atoms with van der Waals surface area (Å²) in [5.74, 6) is 6.05. The number of nitrogens with one attached hydrogen (secondary N) is 1. The number of aliphatic hydroxyl groups excluding tert-OH is 1. The summed E-state index contributed by atoms with van der Waals surface area (Å²) in [6, 6.07) is 7.96. The Bertz CT molecular complexity index is 318. The highest BCUT2D eigenvalue weighted by atomic mass is 16.2. The monoisotopic (exact) mass is 189 g/mol. The van der Waals surface area contributed by atoms with Crippen LogP contribution in [0.1, 0.15) is 18.4 Å². The maximum absolute atomic E-state index is 8.56. The van der Waals surface area contributed by atoms with E-state index in [9.17, 15) is 0 Å². The van der Waals surface area contributed by atoms with Gasteiger partial charge in [0, 0.05) is 31.3 Å². The Balaban J connectivity index is 2.53. The fourth-order valence-electron chi connectivity index (χ4n) is 1.05. The molecule has 0 aliphatic heterocycles. The van der Waals surface area contributed by atoms with Crippen LogP contribution in [0.3, 0.4) is 0 Å². The van der Waals surface area contributed by atoms with Gasteiger partial charge in [0.1, 0.15) is 0 Å². The van der Waals surface area contributed by atoms with Crippen molar-refractivity contribution in [3.05, 3.63) is 29.8 Å². The molecule has 74 valence electrons. The molecule has 0 aliphatic rings. The largest absolute Gasteiger partial charge is 0.396 e. The molecule has 0 amide bonds. The van der Waals surface area contributed by atoms with Crippen molar-refractivity contribution in [2.24, 2.45) is 0 Å². The minimum atomic E-state index is 0.216. The number of benzene rings is 1. The fraction of sp³-hybridized carbons (Fsp3) is 0.333. The van der Waals surface area contributed by atoms with Gasteiger partial charge in [0.15, 0.2) is 0 Å². The number of anilines is 1. The summed E-state index contributed by atoms with van der Waals surface area (Å²) in [6.45, 7) is 0.216. The molecule has 0 spiro atoms. The van der Waals surface area contributed by atoms with E-state index < -0.39 is 0 Å². The van der Waals surface area contributed by atoms with E-state index in [1.165, 1.54) is 0 Å². The van der Waals surface area contributed by atoms with Crippen molar-refractivity contribution < 1.29 is 5.11 Å². The Kier molecular flexibility index (Phi) is 4.60. The summed E-state index contributed by atoms with van der Waals surface area (Å²) in [6.07, 6.45) is 1.51. The van der Waals surface area contributed by atoms with Gasteiger partial charge in [0.25, 0.3) is 0 Å². The van der Waals surface area contributed by atoms with Crippen molar-refractivity contribution in [1.29, 1.82) is 0 Å². The van der Waals surface area contributed by atoms with Gasteiger partial charge in [-0.1, -0.05) is 11.8 Å². The minimum Gasteiger partial charge on any atom is -0.396 e. The molecule has 0 aliphatic carbocycles. The number of unbranched alkanes of at least 4 members (excludes halogenated alkanes) is 1. The predicted molar refractivity (Wildman–Crippen MR) is 59.2 cm³/mol. The molecule has 0 radical (unpaired) electrons. The van der Waals surface area contributed by atoms with Crippen LogP contribution in [0, 0.1) is 11.8 Å². The van der Waals surface area contributed by atoms with Crippen LogP contribution in [0.25, 0.3) is 0 Å². The molecule has 0 saturated carbocycles. The quantitative estimate of drug-likeness (QED) is 0.562. The summed E-state index contributed by atoms with van der Waals surface area (Å²) < 4.78 is 0. The second-order valence-electron chi connectivity index (χ2n) is 2.96. The molecular weight excluding hydrogens is 174 g/mol. The van der Waals surface area contributed by atoms with Crippen molar-refractivity contribution in [3.8, 4) is 11.8 Å². The van der Waals surface area contributed by atoms with E-state index in [1.807, 2.05) is 31.3 Å². The highest BCUT2D eigenvalue weighted by molar-refractivity contribution is 5.47. The lowest BCUT2D eigenvalue weighted by molar-refractivity contribution is 0.290. The number of hydrogen-bond acceptors (Lipinski definition) is 2. The topological polar surface area (TPSA) is 32.3 Å². The van der Waals surface area contributed by atoms with Crippen molar-refractivity contribution in [2.45, 2.75) is 12.8 Å². The average Bonchev–Trinajstić information content (AvgIpc) is 2.25. The Morgan fingerprint density at radius 2 is 2.00 bits per heavy atom. The van der Waals surface area contributed by atoms with Crippen LogP contribution in [0.4, 0.5) is 5.69 Å². The van der Waals surface area contributed by atoms with E-state index in [1.54, 1.807) is 0 Å². The normalized spacial score (nSPS) is 9.00. The Hall–Kier alpha value is -1.46. The third-order valence-electron chi connectivity index (χ3n) is 1.87. The summed E-state index contributed by atoms with van der Waals surface area (Å²) in [4.78, 5) is 0. The predicted octanol–water partition coefficient (Wildman–Crippen LogP) is 1.85. The van der Waals surface area contributed by atoms with E-state index >= 15 is 0 Å². The molecule has 0 saturated heterocycles. The molecule has 1 rings (SSSR count). The lowest BCUT2D eigenvalue weighted by Gasteiger charge is -1.97. The van der Waals surface area contributed by atoms with Crippen molar-refractivity contribution in [3.63, 3.8) is 0 Å². The number of rotatable bonds is 3. The van der Waals surface area contributed by atoms with Crippen LogP contribution in [-0.4, -0.2) is 18.8 Å². The van der Waals surface area contributed by atoms with E-state index in [-0.39, 0.29) is 6.61 Å². The zero-order valence-corrected chi connectivity index (χ0v) is 8.38. The molecule has 0 aromatic heterocycles. The van der Waals surface area contributed by atoms with Crippen LogP contribution in [0.15, 0.2) is 24.3 Å². The summed E-state index contributed by atoms with van der Waals surface area (Å²) in [7, 11) is 1.89. The lowest BCUT2D eigenvalue weighted by atomic mass is 10.2. The van der Waals surface area contributed by atoms with Gasteiger partial charge in [-0.3, -0.25) is 0 Å². The SMILES string of the molecule is CNc1ccc(C#CCCCO)cc1. The number of aliphatic hydroxyl groups is 1. The first kappa shape index (κ1) is 10.6. The molecular formula is C12H15NO. The molecule has 14 heavy (non-hydrogen) atoms. The minimum absolute atomic E-state index is 0.216. The van der Waals surface area contributed by atoms with Crippen LogP contribution >= 0.6 is 0 Å². The Morgan fingerprint density at radius 1 is 1.29 bits per heavy atom. The lowest BCUT2D eigenvalue weighted by Crippen LogP contribution is -1.86. The maximum atomic E-state index is 8.56. The molecule has 0 atom stereocenters. The van der Waals surface area contributed by atoms with Gasteiger partial charge in [-0.25, -0.2) is 0 Å². The van der Waals surface area contributed by atoms with Gasteiger partial charge >= 0.3 is 0 Å². The molecule has 0 bridgehead atoms. The van der Waals surface area contributed by atoms with E-state index in [0.29, 0.717) is 0 Å². The van der Waals surface area contributed by atoms with Gasteiger partial charge in [-0.15, -0.1) is 0 Å². The highest BCUT2D eigenvalue weighted by Gasteiger charge is 1.87. The van der Waals surface area contributed by atoms with Crippen molar-refractivity contribution in [2.75, 3.05) is 19.0 Å². The molecule has 0 unspecified atom stereocenters.